The zero-order valence-electron chi connectivity index (χ0n) is 23.4. The normalized spacial score (nSPS) is 30.6. The van der Waals surface area contributed by atoms with Crippen molar-refractivity contribution in [2.45, 2.75) is 28.5 Å². The predicted octanol–water partition coefficient (Wildman–Crippen LogP) is 6.08. The van der Waals surface area contributed by atoms with Crippen LogP contribution in [0.3, 0.4) is 0 Å². The Labute approximate surface area is 266 Å². The Balaban J connectivity index is 1.40. The van der Waals surface area contributed by atoms with E-state index in [1.807, 2.05) is 0 Å². The number of allylic oxidation sites excluding steroid dienone is 2. The van der Waals surface area contributed by atoms with Crippen LogP contribution in [0.1, 0.15) is 29.9 Å². The molecule has 3 fully saturated rings. The average molecular weight is 649 g/mol. The number of anilines is 2. The van der Waals surface area contributed by atoms with E-state index in [2.05, 4.69) is 6.58 Å². The van der Waals surface area contributed by atoms with Crippen molar-refractivity contribution >= 4 is 64.3 Å². The maximum absolute atomic E-state index is 14.8. The fraction of sp³-hybridized carbons (Fsp3) is 0.235. The molecule has 7 nitrogen and oxygen atoms in total. The molecule has 11 heteroatoms. The number of nitrogens with zero attached hydrogens (tertiary/aromatic N) is 2. The molecule has 0 bridgehead atoms. The van der Waals surface area contributed by atoms with E-state index in [1.165, 1.54) is 24.3 Å². The lowest BCUT2D eigenvalue weighted by molar-refractivity contribution is -0.125. The number of alkyl halides is 2. The number of carbonyl (C=O) groups is 4. The SMILES string of the molecule is C=Cc1ccc(N2C(=O)[C@H]3[C@H](CC=C4[C@H]3C[C@@]3(Cl)C(=O)N(c5ccc(F)cc5)C(=O)[C@@]3(Cl)[C@H]4c3cccc(F)c3O)C2=O)cc1. The van der Waals surface area contributed by atoms with Crippen molar-refractivity contribution in [1.29, 1.82) is 0 Å². The molecule has 0 aromatic heterocycles. The van der Waals surface area contributed by atoms with Crippen LogP contribution in [0.25, 0.3) is 6.08 Å². The molecule has 2 heterocycles. The van der Waals surface area contributed by atoms with Crippen molar-refractivity contribution in [3.8, 4) is 5.75 Å². The lowest BCUT2D eigenvalue weighted by atomic mass is 9.56. The summed E-state index contributed by atoms with van der Waals surface area (Å²) in [6.45, 7) is 3.72. The van der Waals surface area contributed by atoms with Gasteiger partial charge in [-0.05, 0) is 66.8 Å². The smallest absolute Gasteiger partial charge is 0.258 e. The number of halogens is 4. The zero-order chi connectivity index (χ0) is 32.0. The summed E-state index contributed by atoms with van der Waals surface area (Å²) in [5, 5.41) is 10.9. The van der Waals surface area contributed by atoms with E-state index in [9.17, 15) is 33.1 Å². The molecule has 3 aromatic carbocycles. The largest absolute Gasteiger partial charge is 0.505 e. The van der Waals surface area contributed by atoms with Crippen LogP contribution < -0.4 is 9.80 Å². The first kappa shape index (κ1) is 29.4. The van der Waals surface area contributed by atoms with Crippen LogP contribution in [0.5, 0.6) is 5.75 Å². The van der Waals surface area contributed by atoms with E-state index in [1.54, 1.807) is 36.4 Å². The second kappa shape index (κ2) is 10.1. The Kier molecular flexibility index (Phi) is 6.58. The molecule has 4 aliphatic rings. The van der Waals surface area contributed by atoms with Crippen LogP contribution in [-0.4, -0.2) is 38.5 Å². The number of hydrogen-bond donors (Lipinski definition) is 1. The maximum Gasteiger partial charge on any atom is 0.258 e. The Hall–Kier alpha value is -4.34. The quantitative estimate of drug-likeness (QED) is 0.210. The number of hydrogen-bond acceptors (Lipinski definition) is 5. The highest BCUT2D eigenvalue weighted by atomic mass is 35.5. The maximum atomic E-state index is 14.8. The number of phenolic OH excluding ortho intramolecular Hbond substituents is 1. The third-order valence-corrected chi connectivity index (χ3v) is 11.0. The van der Waals surface area contributed by atoms with Crippen LogP contribution in [0.4, 0.5) is 20.2 Å². The molecule has 1 saturated carbocycles. The number of imide groups is 2. The number of carbonyl (C=O) groups excluding carboxylic acids is 4. The van der Waals surface area contributed by atoms with E-state index >= 15 is 0 Å². The highest BCUT2D eigenvalue weighted by Gasteiger charge is 2.77. The summed E-state index contributed by atoms with van der Waals surface area (Å²) in [6, 6.07) is 15.1. The molecule has 4 amide bonds. The van der Waals surface area contributed by atoms with Crippen LogP contribution >= 0.6 is 23.2 Å². The molecule has 2 aliphatic heterocycles. The first-order valence-electron chi connectivity index (χ1n) is 14.2. The van der Waals surface area contributed by atoms with Gasteiger partial charge in [0.15, 0.2) is 21.3 Å². The lowest BCUT2D eigenvalue weighted by Gasteiger charge is -2.50. The molecule has 228 valence electrons. The van der Waals surface area contributed by atoms with E-state index in [0.29, 0.717) is 11.3 Å². The van der Waals surface area contributed by atoms with Gasteiger partial charge in [-0.3, -0.25) is 24.1 Å². The lowest BCUT2D eigenvalue weighted by Crippen LogP contribution is -2.60. The topological polar surface area (TPSA) is 95.0 Å². The minimum atomic E-state index is -2.29. The van der Waals surface area contributed by atoms with Crippen molar-refractivity contribution in [3.63, 3.8) is 0 Å². The van der Waals surface area contributed by atoms with Gasteiger partial charge in [-0.15, -0.1) is 23.2 Å². The van der Waals surface area contributed by atoms with Crippen LogP contribution in [0, 0.1) is 29.4 Å². The Morgan fingerprint density at radius 3 is 2.16 bits per heavy atom. The van der Waals surface area contributed by atoms with Crippen molar-refractivity contribution in [3.05, 3.63) is 108 Å². The third kappa shape index (κ3) is 3.86. The summed E-state index contributed by atoms with van der Waals surface area (Å²) in [4.78, 5) is 53.8. The summed E-state index contributed by atoms with van der Waals surface area (Å²) in [5.74, 6) is -9.18. The van der Waals surface area contributed by atoms with Crippen LogP contribution in [0.2, 0.25) is 0 Å². The fourth-order valence-electron chi connectivity index (χ4n) is 7.52. The van der Waals surface area contributed by atoms with Crippen LogP contribution in [-0.2, 0) is 19.2 Å². The summed E-state index contributed by atoms with van der Waals surface area (Å²) in [6.07, 6.45) is 3.11. The molecule has 2 saturated heterocycles. The van der Waals surface area contributed by atoms with Gasteiger partial charge in [-0.1, -0.05) is 48.6 Å². The molecule has 2 aliphatic carbocycles. The number of benzene rings is 3. The summed E-state index contributed by atoms with van der Waals surface area (Å²) >= 11 is 14.5. The second-order valence-electron chi connectivity index (χ2n) is 11.7. The minimum Gasteiger partial charge on any atom is -0.505 e. The number of rotatable bonds is 4. The minimum absolute atomic E-state index is 0.0131. The van der Waals surface area contributed by atoms with Gasteiger partial charge >= 0.3 is 0 Å². The van der Waals surface area contributed by atoms with Crippen molar-refractivity contribution in [2.24, 2.45) is 17.8 Å². The predicted molar refractivity (Wildman–Crippen MR) is 164 cm³/mol. The van der Waals surface area contributed by atoms with E-state index < -0.39 is 74.4 Å². The first-order chi connectivity index (χ1) is 21.4. The number of fused-ring (bicyclic) bond motifs is 4. The Morgan fingerprint density at radius 1 is 0.844 bits per heavy atom. The molecule has 6 atom stereocenters. The highest BCUT2D eigenvalue weighted by molar-refractivity contribution is 6.58. The third-order valence-electron chi connectivity index (χ3n) is 9.61. The van der Waals surface area contributed by atoms with Gasteiger partial charge in [0.2, 0.25) is 11.8 Å². The standard InChI is InChI=1S/C34H24Cl2F2N2O5/c1-2-17-6-10-19(11-7-17)39-29(42)22-15-14-21-24(26(22)30(39)43)16-33(35)31(44)40(20-12-8-18(37)9-13-20)32(45)34(33,36)27(21)23-4-3-5-25(38)28(23)41/h2-14,22,24,26-27,41H,1,15-16H2/t22-,24+,26-,27+,33+,34-/m0/s1. The molecule has 7 rings (SSSR count). The molecular formula is C34H24Cl2F2N2O5. The van der Waals surface area contributed by atoms with Gasteiger partial charge in [0.25, 0.3) is 11.8 Å². The first-order valence-corrected chi connectivity index (χ1v) is 15.0. The van der Waals surface area contributed by atoms with E-state index in [-0.39, 0.29) is 24.1 Å². The summed E-state index contributed by atoms with van der Waals surface area (Å²) in [5.41, 5.74) is 1.47. The van der Waals surface area contributed by atoms with Crippen molar-refractivity contribution in [1.82, 2.24) is 0 Å². The highest BCUT2D eigenvalue weighted by Crippen LogP contribution is 2.66. The molecule has 0 spiro atoms. The second-order valence-corrected chi connectivity index (χ2v) is 13.0. The molecule has 3 aromatic rings. The molecule has 0 radical (unpaired) electrons. The number of para-hydroxylation sites is 1. The molecule has 1 N–H and O–H groups in total. The average Bonchev–Trinajstić information content (AvgIpc) is 3.37. The number of phenols is 1. The molecular weight excluding hydrogens is 625 g/mol. The zero-order valence-corrected chi connectivity index (χ0v) is 24.9. The fourth-order valence-corrected chi connectivity index (χ4v) is 8.45. The number of amides is 4. The van der Waals surface area contributed by atoms with Gasteiger partial charge < -0.3 is 5.11 Å². The van der Waals surface area contributed by atoms with Gasteiger partial charge in [0, 0.05) is 11.5 Å². The molecule has 0 unspecified atom stereocenters. The Morgan fingerprint density at radius 2 is 1.49 bits per heavy atom. The Bertz CT molecular complexity index is 1860. The van der Waals surface area contributed by atoms with Gasteiger partial charge in [0.1, 0.15) is 5.82 Å². The summed E-state index contributed by atoms with van der Waals surface area (Å²) < 4.78 is 28.6. The van der Waals surface area contributed by atoms with Crippen LogP contribution in [0.15, 0.2) is 85.0 Å². The van der Waals surface area contributed by atoms with Crippen molar-refractivity contribution < 1.29 is 33.1 Å². The number of aromatic hydroxyl groups is 1. The van der Waals surface area contributed by atoms with Gasteiger partial charge in [-0.2, -0.15) is 0 Å². The molecule has 45 heavy (non-hydrogen) atoms. The van der Waals surface area contributed by atoms with E-state index in [0.717, 1.165) is 33.6 Å². The summed E-state index contributed by atoms with van der Waals surface area (Å²) in [7, 11) is 0. The van der Waals surface area contributed by atoms with Crippen molar-refractivity contribution in [2.75, 3.05) is 9.80 Å². The monoisotopic (exact) mass is 648 g/mol. The van der Waals surface area contributed by atoms with Gasteiger partial charge in [-0.25, -0.2) is 13.7 Å². The van der Waals surface area contributed by atoms with Gasteiger partial charge in [0.05, 0.1) is 23.2 Å². The van der Waals surface area contributed by atoms with E-state index in [4.69, 9.17) is 23.2 Å².